The van der Waals surface area contributed by atoms with Crippen molar-refractivity contribution in [2.24, 2.45) is 0 Å². The number of hydrogen-bond donors (Lipinski definition) is 0. The molecule has 0 bridgehead atoms. The first-order chi connectivity index (χ1) is 8.04. The van der Waals surface area contributed by atoms with E-state index >= 15 is 0 Å². The molecule has 1 nitrogen and oxygen atoms in total. The predicted molar refractivity (Wildman–Crippen MR) is 75.0 cm³/mol. The molecule has 0 atom stereocenters. The molecule has 0 aliphatic rings. The lowest BCUT2D eigenvalue weighted by Crippen LogP contribution is -2.31. The summed E-state index contributed by atoms with van der Waals surface area (Å²) >= 11 is 8.93. The summed E-state index contributed by atoms with van der Waals surface area (Å²) in [4.78, 5) is 2.34. The summed E-state index contributed by atoms with van der Waals surface area (Å²) in [7, 11) is 0. The fraction of sp³-hybridized carbons (Fsp3) is 0.538. The third-order valence-electron chi connectivity index (χ3n) is 2.68. The van der Waals surface area contributed by atoms with E-state index in [1.165, 1.54) is 6.07 Å². The zero-order chi connectivity index (χ0) is 12.8. The number of alkyl halides is 1. The van der Waals surface area contributed by atoms with Gasteiger partial charge in [0, 0.05) is 18.5 Å². The zero-order valence-electron chi connectivity index (χ0n) is 10.2. The number of rotatable bonds is 6. The van der Waals surface area contributed by atoms with Gasteiger partial charge in [0.1, 0.15) is 5.82 Å². The third kappa shape index (κ3) is 4.94. The molecule has 0 saturated heterocycles. The van der Waals surface area contributed by atoms with Crippen molar-refractivity contribution in [3.05, 3.63) is 34.1 Å². The average molecular weight is 323 g/mol. The third-order valence-corrected chi connectivity index (χ3v) is 3.55. The van der Waals surface area contributed by atoms with Crippen LogP contribution in [0.2, 0.25) is 0 Å². The molecule has 0 fully saturated rings. The number of halogens is 3. The molecule has 0 heterocycles. The van der Waals surface area contributed by atoms with Gasteiger partial charge in [-0.15, -0.1) is 11.6 Å². The molecule has 1 aromatic rings. The lowest BCUT2D eigenvalue weighted by Gasteiger charge is -2.26. The Kier molecular flexibility index (Phi) is 6.45. The summed E-state index contributed by atoms with van der Waals surface area (Å²) < 4.78 is 13.6. The minimum Gasteiger partial charge on any atom is -0.297 e. The van der Waals surface area contributed by atoms with Crippen LogP contribution in [0.15, 0.2) is 22.7 Å². The first kappa shape index (κ1) is 14.9. The van der Waals surface area contributed by atoms with Crippen LogP contribution in [0.4, 0.5) is 4.39 Å². The molecular weight excluding hydrogens is 305 g/mol. The van der Waals surface area contributed by atoms with Gasteiger partial charge in [0.2, 0.25) is 0 Å². The van der Waals surface area contributed by atoms with E-state index < -0.39 is 0 Å². The van der Waals surface area contributed by atoms with Gasteiger partial charge in [-0.2, -0.15) is 0 Å². The summed E-state index contributed by atoms with van der Waals surface area (Å²) in [5, 5.41) is 0. The van der Waals surface area contributed by atoms with Crippen molar-refractivity contribution in [3.8, 4) is 0 Å². The molecular formula is C13H18BrClFN. The van der Waals surface area contributed by atoms with Gasteiger partial charge in [0.15, 0.2) is 0 Å². The largest absolute Gasteiger partial charge is 0.297 e. The molecule has 0 aliphatic heterocycles. The fourth-order valence-electron chi connectivity index (χ4n) is 1.66. The van der Waals surface area contributed by atoms with Gasteiger partial charge in [0.25, 0.3) is 0 Å². The van der Waals surface area contributed by atoms with Crippen molar-refractivity contribution in [3.63, 3.8) is 0 Å². The number of hydrogen-bond acceptors (Lipinski definition) is 1. The highest BCUT2D eigenvalue weighted by molar-refractivity contribution is 9.10. The maximum Gasteiger partial charge on any atom is 0.137 e. The van der Waals surface area contributed by atoms with E-state index in [2.05, 4.69) is 34.7 Å². The monoisotopic (exact) mass is 321 g/mol. The highest BCUT2D eigenvalue weighted by Gasteiger charge is 2.10. The average Bonchev–Trinajstić information content (AvgIpc) is 2.28. The molecule has 0 saturated carbocycles. The first-order valence-electron chi connectivity index (χ1n) is 5.78. The van der Waals surface area contributed by atoms with E-state index in [4.69, 9.17) is 11.6 Å². The zero-order valence-corrected chi connectivity index (χ0v) is 12.6. The van der Waals surface area contributed by atoms with E-state index in [0.717, 1.165) is 25.1 Å². The first-order valence-corrected chi connectivity index (χ1v) is 7.11. The van der Waals surface area contributed by atoms with Crippen LogP contribution in [0.5, 0.6) is 0 Å². The molecule has 0 radical (unpaired) electrons. The molecule has 96 valence electrons. The van der Waals surface area contributed by atoms with Gasteiger partial charge in [-0.1, -0.05) is 6.07 Å². The van der Waals surface area contributed by atoms with E-state index in [1.54, 1.807) is 0 Å². The SMILES string of the molecule is CC(C)N(CCCCl)Cc1ccc(F)c(Br)c1. The van der Waals surface area contributed by atoms with Crippen LogP contribution >= 0.6 is 27.5 Å². The molecule has 0 spiro atoms. The van der Waals surface area contributed by atoms with Crippen molar-refractivity contribution < 1.29 is 4.39 Å². The predicted octanol–water partition coefficient (Wildman–Crippen LogP) is 4.43. The lowest BCUT2D eigenvalue weighted by atomic mass is 10.2. The van der Waals surface area contributed by atoms with Crippen molar-refractivity contribution in [1.82, 2.24) is 4.90 Å². The van der Waals surface area contributed by atoms with Crippen LogP contribution in [0.1, 0.15) is 25.8 Å². The highest BCUT2D eigenvalue weighted by Crippen LogP contribution is 2.18. The van der Waals surface area contributed by atoms with E-state index in [9.17, 15) is 4.39 Å². The fourth-order valence-corrected chi connectivity index (χ4v) is 2.20. The molecule has 17 heavy (non-hydrogen) atoms. The summed E-state index contributed by atoms with van der Waals surface area (Å²) in [6.45, 7) is 6.11. The quantitative estimate of drug-likeness (QED) is 0.700. The standard InChI is InChI=1S/C13H18BrClFN/c1-10(2)17(7-3-6-15)9-11-4-5-13(16)12(14)8-11/h4-5,8,10H,3,6-7,9H2,1-2H3. The maximum atomic E-state index is 13.1. The Labute approximate surface area is 116 Å². The molecule has 1 aromatic carbocycles. The van der Waals surface area contributed by atoms with Gasteiger partial charge in [0.05, 0.1) is 4.47 Å². The molecule has 1 rings (SSSR count). The van der Waals surface area contributed by atoms with E-state index in [-0.39, 0.29) is 5.82 Å². The summed E-state index contributed by atoms with van der Waals surface area (Å²) in [5.41, 5.74) is 1.11. The van der Waals surface area contributed by atoms with Gasteiger partial charge in [-0.25, -0.2) is 4.39 Å². The van der Waals surface area contributed by atoms with Crippen LogP contribution in [0.25, 0.3) is 0 Å². The molecule has 0 aliphatic carbocycles. The van der Waals surface area contributed by atoms with Crippen LogP contribution < -0.4 is 0 Å². The van der Waals surface area contributed by atoms with Crippen molar-refractivity contribution in [2.45, 2.75) is 32.9 Å². The highest BCUT2D eigenvalue weighted by atomic mass is 79.9. The van der Waals surface area contributed by atoms with Crippen molar-refractivity contribution >= 4 is 27.5 Å². The Bertz CT molecular complexity index is 357. The maximum absolute atomic E-state index is 13.1. The van der Waals surface area contributed by atoms with Crippen molar-refractivity contribution in [1.29, 1.82) is 0 Å². The Morgan fingerprint density at radius 1 is 1.41 bits per heavy atom. The van der Waals surface area contributed by atoms with Gasteiger partial charge < -0.3 is 0 Å². The summed E-state index contributed by atoms with van der Waals surface area (Å²) in [6, 6.07) is 5.63. The van der Waals surface area contributed by atoms with Gasteiger partial charge >= 0.3 is 0 Å². The second kappa shape index (κ2) is 7.34. The number of benzene rings is 1. The summed E-state index contributed by atoms with van der Waals surface area (Å²) in [6.07, 6.45) is 0.974. The van der Waals surface area contributed by atoms with Crippen LogP contribution in [-0.2, 0) is 6.54 Å². The molecule has 0 N–H and O–H groups in total. The number of nitrogens with zero attached hydrogens (tertiary/aromatic N) is 1. The lowest BCUT2D eigenvalue weighted by molar-refractivity contribution is 0.213. The van der Waals surface area contributed by atoms with Crippen molar-refractivity contribution in [2.75, 3.05) is 12.4 Å². The second-order valence-electron chi connectivity index (χ2n) is 4.36. The van der Waals surface area contributed by atoms with Crippen LogP contribution in [-0.4, -0.2) is 23.4 Å². The smallest absolute Gasteiger partial charge is 0.137 e. The molecule has 4 heteroatoms. The minimum atomic E-state index is -0.217. The van der Waals surface area contributed by atoms with Gasteiger partial charge in [-0.05, 0) is 60.4 Å². The summed E-state index contributed by atoms with van der Waals surface area (Å²) in [5.74, 6) is 0.460. The minimum absolute atomic E-state index is 0.217. The Morgan fingerprint density at radius 2 is 2.12 bits per heavy atom. The normalized spacial score (nSPS) is 11.5. The second-order valence-corrected chi connectivity index (χ2v) is 5.59. The van der Waals surface area contributed by atoms with Gasteiger partial charge in [-0.3, -0.25) is 4.90 Å². The van der Waals surface area contributed by atoms with E-state index in [1.807, 2.05) is 12.1 Å². The van der Waals surface area contributed by atoms with Crippen LogP contribution in [0, 0.1) is 5.82 Å². The molecule has 0 aromatic heterocycles. The van der Waals surface area contributed by atoms with Crippen LogP contribution in [0.3, 0.4) is 0 Å². The molecule has 0 unspecified atom stereocenters. The Morgan fingerprint density at radius 3 is 2.65 bits per heavy atom. The topological polar surface area (TPSA) is 3.24 Å². The Hall–Kier alpha value is -0.120. The van der Waals surface area contributed by atoms with E-state index in [0.29, 0.717) is 16.4 Å². The Balaban J connectivity index is 2.68. The molecule has 0 amide bonds.